The summed E-state index contributed by atoms with van der Waals surface area (Å²) in [5.41, 5.74) is -0.488. The van der Waals surface area contributed by atoms with Gasteiger partial charge in [0.25, 0.3) is 0 Å². The van der Waals surface area contributed by atoms with Gasteiger partial charge in [-0.05, 0) is 33.1 Å². The minimum atomic E-state index is -0.488. The first-order valence-electron chi connectivity index (χ1n) is 6.04. The highest BCUT2D eigenvalue weighted by Crippen LogP contribution is 2.19. The maximum absolute atomic E-state index is 11.4. The lowest BCUT2D eigenvalue weighted by Gasteiger charge is -2.22. The van der Waals surface area contributed by atoms with Crippen molar-refractivity contribution in [2.24, 2.45) is 11.8 Å². The van der Waals surface area contributed by atoms with Gasteiger partial charge in [-0.25, -0.2) is 4.79 Å². The smallest absolute Gasteiger partial charge is 0.407 e. The van der Waals surface area contributed by atoms with Crippen LogP contribution in [0.3, 0.4) is 0 Å². The summed E-state index contributed by atoms with van der Waals surface area (Å²) in [6.07, 6.45) is 0.415. The van der Waals surface area contributed by atoms with Gasteiger partial charge in [-0.2, -0.15) is 0 Å². The summed E-state index contributed by atoms with van der Waals surface area (Å²) in [5, 5.41) is 5.49. The van der Waals surface area contributed by atoms with Gasteiger partial charge in [-0.1, -0.05) is 6.92 Å². The maximum Gasteiger partial charge on any atom is 0.407 e. The molecule has 5 nitrogen and oxygen atoms in total. The lowest BCUT2D eigenvalue weighted by Crippen LogP contribution is -2.37. The Kier molecular flexibility index (Phi) is 4.37. The molecular weight excluding hydrogens is 220 g/mol. The summed E-state index contributed by atoms with van der Waals surface area (Å²) in [5.74, 6) is 0.221. The van der Waals surface area contributed by atoms with Crippen LogP contribution in [-0.2, 0) is 9.53 Å². The summed E-state index contributed by atoms with van der Waals surface area (Å²) in [7, 11) is 0. The van der Waals surface area contributed by atoms with Crippen molar-refractivity contribution in [2.75, 3.05) is 13.1 Å². The van der Waals surface area contributed by atoms with E-state index in [0.717, 1.165) is 13.0 Å². The summed E-state index contributed by atoms with van der Waals surface area (Å²) >= 11 is 0. The Labute approximate surface area is 102 Å². The standard InChI is InChI=1S/C12H22N2O3/c1-8(9-5-6-13-10(9)15)7-14-11(16)17-12(2,3)4/h8-9H,5-7H2,1-4H3,(H,13,15)(H,14,16)/t8-,9-/m1/s1. The Bertz CT molecular complexity index is 297. The normalized spacial score (nSPS) is 21.9. The fourth-order valence-corrected chi connectivity index (χ4v) is 1.86. The molecule has 0 aliphatic carbocycles. The van der Waals surface area contributed by atoms with E-state index in [1.165, 1.54) is 0 Å². The molecule has 0 bridgehead atoms. The van der Waals surface area contributed by atoms with Crippen LogP contribution in [0.4, 0.5) is 4.79 Å². The van der Waals surface area contributed by atoms with Crippen LogP contribution in [0.25, 0.3) is 0 Å². The minimum Gasteiger partial charge on any atom is -0.444 e. The van der Waals surface area contributed by atoms with Crippen LogP contribution in [0.5, 0.6) is 0 Å². The Morgan fingerprint density at radius 1 is 1.59 bits per heavy atom. The van der Waals surface area contributed by atoms with Crippen molar-refractivity contribution in [1.82, 2.24) is 10.6 Å². The molecule has 2 atom stereocenters. The van der Waals surface area contributed by atoms with Gasteiger partial charge in [-0.15, -0.1) is 0 Å². The average molecular weight is 242 g/mol. The van der Waals surface area contributed by atoms with Gasteiger partial charge < -0.3 is 15.4 Å². The van der Waals surface area contributed by atoms with Crippen molar-refractivity contribution >= 4 is 12.0 Å². The van der Waals surface area contributed by atoms with E-state index in [1.807, 2.05) is 27.7 Å². The first kappa shape index (κ1) is 13.8. The molecule has 0 aromatic heterocycles. The molecule has 5 heteroatoms. The van der Waals surface area contributed by atoms with Gasteiger partial charge in [0, 0.05) is 19.0 Å². The van der Waals surface area contributed by atoms with Crippen molar-refractivity contribution in [1.29, 1.82) is 0 Å². The monoisotopic (exact) mass is 242 g/mol. The van der Waals surface area contributed by atoms with Crippen molar-refractivity contribution in [2.45, 2.75) is 39.7 Å². The van der Waals surface area contributed by atoms with E-state index in [1.54, 1.807) is 0 Å². The number of hydrogen-bond donors (Lipinski definition) is 2. The number of alkyl carbamates (subject to hydrolysis) is 1. The van der Waals surface area contributed by atoms with Gasteiger partial charge in [-0.3, -0.25) is 4.79 Å². The number of carbonyl (C=O) groups is 2. The van der Waals surface area contributed by atoms with Gasteiger partial charge in [0.1, 0.15) is 5.60 Å². The molecule has 17 heavy (non-hydrogen) atoms. The maximum atomic E-state index is 11.4. The third-order valence-electron chi connectivity index (χ3n) is 2.75. The number of rotatable bonds is 3. The van der Waals surface area contributed by atoms with Gasteiger partial charge in [0.2, 0.25) is 5.91 Å². The highest BCUT2D eigenvalue weighted by atomic mass is 16.6. The SMILES string of the molecule is C[C@H](CNC(=O)OC(C)(C)C)[C@H]1CCNC1=O. The summed E-state index contributed by atoms with van der Waals surface area (Å²) in [6, 6.07) is 0. The Morgan fingerprint density at radius 3 is 2.71 bits per heavy atom. The van der Waals surface area contributed by atoms with E-state index in [4.69, 9.17) is 4.74 Å². The lowest BCUT2D eigenvalue weighted by molar-refractivity contribution is -0.123. The van der Waals surface area contributed by atoms with Gasteiger partial charge in [0.05, 0.1) is 0 Å². The van der Waals surface area contributed by atoms with E-state index in [-0.39, 0.29) is 17.7 Å². The molecule has 2 amide bonds. The van der Waals surface area contributed by atoms with E-state index in [0.29, 0.717) is 6.54 Å². The third-order valence-corrected chi connectivity index (χ3v) is 2.75. The molecule has 98 valence electrons. The highest BCUT2D eigenvalue weighted by molar-refractivity contribution is 5.81. The van der Waals surface area contributed by atoms with Crippen molar-refractivity contribution in [3.05, 3.63) is 0 Å². The van der Waals surface area contributed by atoms with Crippen LogP contribution in [0.2, 0.25) is 0 Å². The van der Waals surface area contributed by atoms with E-state index in [2.05, 4.69) is 10.6 Å². The fourth-order valence-electron chi connectivity index (χ4n) is 1.86. The minimum absolute atomic E-state index is 0.00457. The van der Waals surface area contributed by atoms with E-state index >= 15 is 0 Å². The molecule has 0 radical (unpaired) electrons. The van der Waals surface area contributed by atoms with Crippen LogP contribution in [0.15, 0.2) is 0 Å². The van der Waals surface area contributed by atoms with Crippen molar-refractivity contribution in [3.8, 4) is 0 Å². The molecule has 0 aromatic carbocycles. The van der Waals surface area contributed by atoms with Gasteiger partial charge >= 0.3 is 6.09 Å². The molecule has 0 spiro atoms. The fraction of sp³-hybridized carbons (Fsp3) is 0.833. The summed E-state index contributed by atoms with van der Waals surface area (Å²) in [4.78, 5) is 22.9. The summed E-state index contributed by atoms with van der Waals surface area (Å²) < 4.78 is 5.13. The van der Waals surface area contributed by atoms with Gasteiger partial charge in [0.15, 0.2) is 0 Å². The second-order valence-electron chi connectivity index (χ2n) is 5.55. The third kappa shape index (κ3) is 4.63. The quantitative estimate of drug-likeness (QED) is 0.783. The Hall–Kier alpha value is -1.26. The number of nitrogens with one attached hydrogen (secondary N) is 2. The van der Waals surface area contributed by atoms with Crippen LogP contribution in [0.1, 0.15) is 34.1 Å². The van der Waals surface area contributed by atoms with Crippen LogP contribution in [-0.4, -0.2) is 30.7 Å². The molecule has 1 aliphatic heterocycles. The zero-order valence-electron chi connectivity index (χ0n) is 11.0. The molecule has 1 fully saturated rings. The number of ether oxygens (including phenoxy) is 1. The number of carbonyl (C=O) groups excluding carboxylic acids is 2. The first-order valence-corrected chi connectivity index (χ1v) is 6.04. The molecular formula is C12H22N2O3. The zero-order valence-corrected chi connectivity index (χ0v) is 11.0. The first-order chi connectivity index (χ1) is 7.79. The number of amides is 2. The van der Waals surface area contributed by atoms with Crippen molar-refractivity contribution in [3.63, 3.8) is 0 Å². The highest BCUT2D eigenvalue weighted by Gasteiger charge is 2.29. The average Bonchev–Trinajstić information content (AvgIpc) is 2.58. The Balaban J connectivity index is 2.30. The molecule has 1 rings (SSSR count). The van der Waals surface area contributed by atoms with Crippen LogP contribution < -0.4 is 10.6 Å². The van der Waals surface area contributed by atoms with E-state index < -0.39 is 11.7 Å². The Morgan fingerprint density at radius 2 is 2.24 bits per heavy atom. The van der Waals surface area contributed by atoms with Crippen LogP contribution >= 0.6 is 0 Å². The molecule has 1 heterocycles. The predicted molar refractivity (Wildman–Crippen MR) is 64.5 cm³/mol. The zero-order chi connectivity index (χ0) is 13.1. The summed E-state index contributed by atoms with van der Waals surface area (Å²) in [6.45, 7) is 8.63. The number of hydrogen-bond acceptors (Lipinski definition) is 3. The molecule has 1 aliphatic rings. The molecule has 0 saturated carbocycles. The van der Waals surface area contributed by atoms with Crippen LogP contribution in [0, 0.1) is 11.8 Å². The predicted octanol–water partition coefficient (Wildman–Crippen LogP) is 1.28. The topological polar surface area (TPSA) is 67.4 Å². The van der Waals surface area contributed by atoms with Crippen molar-refractivity contribution < 1.29 is 14.3 Å². The second kappa shape index (κ2) is 5.38. The molecule has 0 unspecified atom stereocenters. The molecule has 1 saturated heterocycles. The largest absolute Gasteiger partial charge is 0.444 e. The lowest BCUT2D eigenvalue weighted by atomic mass is 9.93. The second-order valence-corrected chi connectivity index (χ2v) is 5.55. The van der Waals surface area contributed by atoms with E-state index in [9.17, 15) is 9.59 Å². The molecule has 2 N–H and O–H groups in total. The molecule has 0 aromatic rings.